The predicted octanol–water partition coefficient (Wildman–Crippen LogP) is 3.41. The molecule has 29 heavy (non-hydrogen) atoms. The second-order valence-corrected chi connectivity index (χ2v) is 7.67. The fourth-order valence-corrected chi connectivity index (χ4v) is 4.13. The molecule has 0 atom stereocenters. The highest BCUT2D eigenvalue weighted by atomic mass is 16.2. The van der Waals surface area contributed by atoms with E-state index in [0.717, 1.165) is 50.3 Å². The van der Waals surface area contributed by atoms with Crippen LogP contribution in [0.4, 0.5) is 0 Å². The molecular formula is C22H28N6O. The second kappa shape index (κ2) is 8.59. The number of imidazole rings is 1. The van der Waals surface area contributed by atoms with Gasteiger partial charge >= 0.3 is 0 Å². The van der Waals surface area contributed by atoms with Gasteiger partial charge in [-0.1, -0.05) is 0 Å². The summed E-state index contributed by atoms with van der Waals surface area (Å²) in [4.78, 5) is 23.6. The van der Waals surface area contributed by atoms with Gasteiger partial charge in [0.25, 0.3) is 5.91 Å². The lowest BCUT2D eigenvalue weighted by molar-refractivity contribution is 0.0672. The predicted molar refractivity (Wildman–Crippen MR) is 111 cm³/mol. The number of carbonyl (C=O) groups is 1. The first-order valence-electron chi connectivity index (χ1n) is 10.4. The van der Waals surface area contributed by atoms with Crippen molar-refractivity contribution >= 4 is 5.91 Å². The number of pyridine rings is 1. The van der Waals surface area contributed by atoms with Gasteiger partial charge in [0.15, 0.2) is 0 Å². The zero-order valence-electron chi connectivity index (χ0n) is 17.2. The van der Waals surface area contributed by atoms with Crippen LogP contribution in [-0.4, -0.2) is 48.2 Å². The van der Waals surface area contributed by atoms with Crippen molar-refractivity contribution in [1.29, 1.82) is 0 Å². The topological polar surface area (TPSA) is 68.8 Å². The minimum atomic E-state index is 0.104. The molecular weight excluding hydrogens is 364 g/mol. The van der Waals surface area contributed by atoms with E-state index in [1.807, 2.05) is 36.4 Å². The van der Waals surface area contributed by atoms with E-state index in [2.05, 4.69) is 32.6 Å². The molecule has 3 aromatic rings. The number of rotatable bonds is 6. The van der Waals surface area contributed by atoms with Crippen molar-refractivity contribution < 1.29 is 4.79 Å². The van der Waals surface area contributed by atoms with Crippen molar-refractivity contribution in [2.45, 2.75) is 46.2 Å². The first kappa shape index (κ1) is 19.4. The SMILES string of the molecule is CCn1nccc1C(=O)N1CCC(CCn2c(C)cnc2-c2cccnc2)CC1. The largest absolute Gasteiger partial charge is 0.337 e. The smallest absolute Gasteiger partial charge is 0.272 e. The normalized spacial score (nSPS) is 15.0. The van der Waals surface area contributed by atoms with Gasteiger partial charge in [0.1, 0.15) is 11.5 Å². The number of hydrogen-bond acceptors (Lipinski definition) is 4. The Morgan fingerprint density at radius 2 is 2.00 bits per heavy atom. The first-order chi connectivity index (χ1) is 14.2. The zero-order valence-corrected chi connectivity index (χ0v) is 17.2. The average molecular weight is 393 g/mol. The number of carbonyl (C=O) groups excluding carboxylic acids is 1. The van der Waals surface area contributed by atoms with E-state index in [1.165, 1.54) is 5.69 Å². The van der Waals surface area contributed by atoms with Crippen molar-refractivity contribution in [3.63, 3.8) is 0 Å². The van der Waals surface area contributed by atoms with Gasteiger partial charge in [-0.15, -0.1) is 0 Å². The minimum absolute atomic E-state index is 0.104. The molecule has 152 valence electrons. The van der Waals surface area contributed by atoms with Gasteiger partial charge < -0.3 is 9.47 Å². The lowest BCUT2D eigenvalue weighted by Gasteiger charge is -2.32. The van der Waals surface area contributed by atoms with Crippen LogP contribution in [0, 0.1) is 12.8 Å². The molecule has 0 aliphatic carbocycles. The van der Waals surface area contributed by atoms with Gasteiger partial charge in [0.05, 0.1) is 0 Å². The molecule has 0 bridgehead atoms. The summed E-state index contributed by atoms with van der Waals surface area (Å²) >= 11 is 0. The van der Waals surface area contributed by atoms with E-state index in [-0.39, 0.29) is 5.91 Å². The maximum Gasteiger partial charge on any atom is 0.272 e. The highest BCUT2D eigenvalue weighted by Crippen LogP contribution is 2.25. The molecule has 4 heterocycles. The Hall–Kier alpha value is -2.96. The molecule has 7 heteroatoms. The fourth-order valence-electron chi connectivity index (χ4n) is 4.13. The van der Waals surface area contributed by atoms with Crippen molar-refractivity contribution in [3.8, 4) is 11.4 Å². The summed E-state index contributed by atoms with van der Waals surface area (Å²) in [5, 5.41) is 4.22. The molecule has 4 rings (SSSR count). The quantitative estimate of drug-likeness (QED) is 0.645. The van der Waals surface area contributed by atoms with Crippen LogP contribution < -0.4 is 0 Å². The van der Waals surface area contributed by atoms with Crippen LogP contribution in [0.5, 0.6) is 0 Å². The van der Waals surface area contributed by atoms with Gasteiger partial charge in [-0.3, -0.25) is 14.5 Å². The van der Waals surface area contributed by atoms with E-state index in [0.29, 0.717) is 18.2 Å². The van der Waals surface area contributed by atoms with E-state index in [9.17, 15) is 4.79 Å². The Kier molecular flexibility index (Phi) is 5.74. The number of aromatic nitrogens is 5. The molecule has 7 nitrogen and oxygen atoms in total. The lowest BCUT2D eigenvalue weighted by Crippen LogP contribution is -2.39. The Balaban J connectivity index is 1.34. The third-order valence-corrected chi connectivity index (χ3v) is 5.87. The summed E-state index contributed by atoms with van der Waals surface area (Å²) < 4.78 is 4.06. The number of amides is 1. The number of aryl methyl sites for hydroxylation is 2. The minimum Gasteiger partial charge on any atom is -0.337 e. The van der Waals surface area contributed by atoms with E-state index >= 15 is 0 Å². The van der Waals surface area contributed by atoms with Gasteiger partial charge in [0.2, 0.25) is 0 Å². The first-order valence-corrected chi connectivity index (χ1v) is 10.4. The Bertz CT molecular complexity index is 953. The van der Waals surface area contributed by atoms with E-state index < -0.39 is 0 Å². The summed E-state index contributed by atoms with van der Waals surface area (Å²) in [5.41, 5.74) is 2.92. The number of piperidine rings is 1. The van der Waals surface area contributed by atoms with E-state index in [4.69, 9.17) is 0 Å². The van der Waals surface area contributed by atoms with Crippen molar-refractivity contribution in [1.82, 2.24) is 29.2 Å². The summed E-state index contributed by atoms with van der Waals surface area (Å²) in [7, 11) is 0. The Morgan fingerprint density at radius 3 is 2.72 bits per heavy atom. The number of likely N-dealkylation sites (tertiary alicyclic amines) is 1. The molecule has 3 aromatic heterocycles. The zero-order chi connectivity index (χ0) is 20.2. The van der Waals surface area contributed by atoms with Crippen LogP contribution >= 0.6 is 0 Å². The summed E-state index contributed by atoms with van der Waals surface area (Å²) in [5.74, 6) is 1.71. The molecule has 0 aromatic carbocycles. The van der Waals surface area contributed by atoms with Gasteiger partial charge in [-0.25, -0.2) is 4.98 Å². The van der Waals surface area contributed by atoms with Crippen LogP contribution in [-0.2, 0) is 13.1 Å². The lowest BCUT2D eigenvalue weighted by atomic mass is 9.93. The molecule has 0 N–H and O–H groups in total. The molecule has 0 spiro atoms. The maximum absolute atomic E-state index is 12.8. The van der Waals surface area contributed by atoms with Crippen molar-refractivity contribution in [2.24, 2.45) is 5.92 Å². The van der Waals surface area contributed by atoms with Crippen LogP contribution in [0.25, 0.3) is 11.4 Å². The van der Waals surface area contributed by atoms with Crippen LogP contribution in [0.15, 0.2) is 43.0 Å². The van der Waals surface area contributed by atoms with Crippen molar-refractivity contribution in [3.05, 3.63) is 54.4 Å². The highest BCUT2D eigenvalue weighted by molar-refractivity contribution is 5.92. The third-order valence-electron chi connectivity index (χ3n) is 5.87. The van der Waals surface area contributed by atoms with Gasteiger partial charge in [-0.05, 0) is 57.2 Å². The Morgan fingerprint density at radius 1 is 1.17 bits per heavy atom. The molecule has 0 saturated carbocycles. The molecule has 1 amide bonds. The molecule has 0 unspecified atom stereocenters. The molecule has 1 fully saturated rings. The van der Waals surface area contributed by atoms with Crippen LogP contribution in [0.1, 0.15) is 42.4 Å². The summed E-state index contributed by atoms with van der Waals surface area (Å²) in [6.45, 7) is 7.40. The molecule has 1 aliphatic heterocycles. The van der Waals surface area contributed by atoms with Crippen molar-refractivity contribution in [2.75, 3.05) is 13.1 Å². The summed E-state index contributed by atoms with van der Waals surface area (Å²) in [6.07, 6.45) is 10.5. The highest BCUT2D eigenvalue weighted by Gasteiger charge is 2.25. The van der Waals surface area contributed by atoms with Crippen LogP contribution in [0.3, 0.4) is 0 Å². The summed E-state index contributed by atoms with van der Waals surface area (Å²) in [6, 6.07) is 5.82. The van der Waals surface area contributed by atoms with Gasteiger partial charge in [0, 0.05) is 62.2 Å². The fraction of sp³-hybridized carbons (Fsp3) is 0.455. The molecule has 1 saturated heterocycles. The second-order valence-electron chi connectivity index (χ2n) is 7.67. The van der Waals surface area contributed by atoms with E-state index in [1.54, 1.807) is 17.1 Å². The average Bonchev–Trinajstić information content (AvgIpc) is 3.39. The third kappa shape index (κ3) is 4.09. The number of hydrogen-bond donors (Lipinski definition) is 0. The monoisotopic (exact) mass is 392 g/mol. The maximum atomic E-state index is 12.8. The standard InChI is InChI=1S/C22H28N6O/c1-3-28-20(6-11-25-28)22(29)26-12-7-18(8-13-26)9-14-27-17(2)15-24-21(27)19-5-4-10-23-16-19/h4-6,10-11,15-16,18H,3,7-9,12-14H2,1-2H3. The van der Waals surface area contributed by atoms with Crippen LogP contribution in [0.2, 0.25) is 0 Å². The van der Waals surface area contributed by atoms with Gasteiger partial charge in [-0.2, -0.15) is 5.10 Å². The Labute approximate surface area is 171 Å². The number of nitrogens with zero attached hydrogens (tertiary/aromatic N) is 6. The molecule has 0 radical (unpaired) electrons. The molecule has 1 aliphatic rings.